The van der Waals surface area contributed by atoms with Crippen LogP contribution in [0.2, 0.25) is 0 Å². The smallest absolute Gasteiger partial charge is 0.387 e. The highest BCUT2D eigenvalue weighted by Gasteiger charge is 2.21. The Labute approximate surface area is 163 Å². The third-order valence-electron chi connectivity index (χ3n) is 3.91. The number of hydrazone groups is 1. The molecule has 0 saturated heterocycles. The van der Waals surface area contributed by atoms with Crippen LogP contribution in [0, 0.1) is 0 Å². The summed E-state index contributed by atoms with van der Waals surface area (Å²) < 4.78 is 54.9. The summed E-state index contributed by atoms with van der Waals surface area (Å²) in [5, 5.41) is 4.17. The zero-order valence-electron chi connectivity index (χ0n) is 15.8. The Morgan fingerprint density at radius 2 is 1.82 bits per heavy atom. The molecule has 0 aliphatic carbocycles. The first-order valence-electron chi connectivity index (χ1n) is 8.59. The summed E-state index contributed by atoms with van der Waals surface area (Å²) in [6.07, 6.45) is 1.28. The number of nitrogens with one attached hydrogen (secondary N) is 1. The third kappa shape index (κ3) is 5.46. The Hall–Kier alpha value is -2.59. The van der Waals surface area contributed by atoms with E-state index in [2.05, 4.69) is 20.2 Å². The van der Waals surface area contributed by atoms with Gasteiger partial charge in [-0.2, -0.15) is 18.2 Å². The molecule has 0 amide bonds. The van der Waals surface area contributed by atoms with Crippen molar-refractivity contribution in [1.82, 2.24) is 9.29 Å². The van der Waals surface area contributed by atoms with Gasteiger partial charge in [-0.05, 0) is 48.9 Å². The number of benzene rings is 1. The van der Waals surface area contributed by atoms with Crippen LogP contribution in [-0.4, -0.2) is 43.1 Å². The number of aromatic nitrogens is 1. The maximum atomic E-state index is 12.4. The fourth-order valence-corrected chi connectivity index (χ4v) is 3.80. The summed E-state index contributed by atoms with van der Waals surface area (Å²) >= 11 is 0. The molecule has 1 aromatic heterocycles. The molecule has 0 radical (unpaired) electrons. The van der Waals surface area contributed by atoms with E-state index in [0.717, 1.165) is 0 Å². The van der Waals surface area contributed by atoms with Gasteiger partial charge >= 0.3 is 6.61 Å². The van der Waals surface area contributed by atoms with Crippen LogP contribution >= 0.6 is 0 Å². The van der Waals surface area contributed by atoms with Gasteiger partial charge in [-0.15, -0.1) is 0 Å². The van der Waals surface area contributed by atoms with Gasteiger partial charge in [0.25, 0.3) is 0 Å². The van der Waals surface area contributed by atoms with Crippen molar-refractivity contribution in [1.29, 1.82) is 0 Å². The Kier molecular flexibility index (Phi) is 7.41. The molecule has 10 heteroatoms. The van der Waals surface area contributed by atoms with Gasteiger partial charge in [0.05, 0.1) is 5.71 Å². The SMILES string of the molecule is CCN(CC)S(=O)(=O)c1ccc(N/N=C(\C)c2ccc(OC(F)F)cc2)nc1. The number of pyridine rings is 1. The standard InChI is InChI=1S/C18H22F2N4O3S/c1-4-24(5-2)28(25,26)16-10-11-17(21-12-16)23-22-13(3)14-6-8-15(9-7-14)27-18(19)20/h6-12,18H,4-5H2,1-3H3,(H,21,23)/b22-13+. The predicted molar refractivity (Wildman–Crippen MR) is 103 cm³/mol. The average Bonchev–Trinajstić information content (AvgIpc) is 2.67. The average molecular weight is 412 g/mol. The van der Waals surface area contributed by atoms with Gasteiger partial charge in [0.2, 0.25) is 10.0 Å². The molecule has 0 atom stereocenters. The number of hydrogen-bond acceptors (Lipinski definition) is 6. The highest BCUT2D eigenvalue weighted by Crippen LogP contribution is 2.17. The monoisotopic (exact) mass is 412 g/mol. The first kappa shape index (κ1) is 21.7. The van der Waals surface area contributed by atoms with Crippen LogP contribution < -0.4 is 10.2 Å². The molecule has 28 heavy (non-hydrogen) atoms. The highest BCUT2D eigenvalue weighted by molar-refractivity contribution is 7.89. The first-order valence-corrected chi connectivity index (χ1v) is 10.0. The fourth-order valence-electron chi connectivity index (χ4n) is 2.39. The van der Waals surface area contributed by atoms with E-state index in [-0.39, 0.29) is 10.6 Å². The van der Waals surface area contributed by atoms with Crippen LogP contribution in [0.3, 0.4) is 0 Å². The molecule has 1 heterocycles. The molecule has 1 N–H and O–H groups in total. The zero-order chi connectivity index (χ0) is 20.7. The van der Waals surface area contributed by atoms with Crippen LogP contribution in [0.15, 0.2) is 52.6 Å². The van der Waals surface area contributed by atoms with Gasteiger partial charge in [0, 0.05) is 19.3 Å². The van der Waals surface area contributed by atoms with Crippen molar-refractivity contribution < 1.29 is 21.9 Å². The lowest BCUT2D eigenvalue weighted by Crippen LogP contribution is -2.30. The van der Waals surface area contributed by atoms with Gasteiger partial charge in [0.15, 0.2) is 0 Å². The van der Waals surface area contributed by atoms with Gasteiger partial charge in [-0.1, -0.05) is 13.8 Å². The lowest BCUT2D eigenvalue weighted by atomic mass is 10.1. The number of hydrogen-bond donors (Lipinski definition) is 1. The summed E-state index contributed by atoms with van der Waals surface area (Å²) in [5.41, 5.74) is 4.03. The Bertz CT molecular complexity index is 897. The minimum absolute atomic E-state index is 0.0613. The van der Waals surface area contributed by atoms with E-state index in [1.165, 1.54) is 34.8 Å². The van der Waals surface area contributed by atoms with Crippen molar-refractivity contribution in [2.24, 2.45) is 5.10 Å². The van der Waals surface area contributed by atoms with Crippen LogP contribution in [0.5, 0.6) is 5.75 Å². The van der Waals surface area contributed by atoms with Crippen LogP contribution in [-0.2, 0) is 10.0 Å². The van der Waals surface area contributed by atoms with Gasteiger partial charge in [-0.25, -0.2) is 13.4 Å². The predicted octanol–water partition coefficient (Wildman–Crippen LogP) is 3.55. The highest BCUT2D eigenvalue weighted by atomic mass is 32.2. The maximum absolute atomic E-state index is 12.4. The number of halogens is 2. The molecule has 0 spiro atoms. The molecule has 2 rings (SSSR count). The Balaban J connectivity index is 2.07. The largest absolute Gasteiger partial charge is 0.435 e. The number of ether oxygens (including phenoxy) is 1. The summed E-state index contributed by atoms with van der Waals surface area (Å²) in [4.78, 5) is 4.19. The molecule has 0 fully saturated rings. The molecule has 0 saturated carbocycles. The van der Waals surface area contributed by atoms with Crippen molar-refractivity contribution in [2.75, 3.05) is 18.5 Å². The lowest BCUT2D eigenvalue weighted by Gasteiger charge is -2.18. The van der Waals surface area contributed by atoms with Gasteiger partial charge in [-0.3, -0.25) is 5.43 Å². The Morgan fingerprint density at radius 3 is 2.32 bits per heavy atom. The summed E-state index contributed by atoms with van der Waals surface area (Å²) in [7, 11) is -3.56. The molecule has 2 aromatic rings. The van der Waals surface area contributed by atoms with Crippen LogP contribution in [0.25, 0.3) is 0 Å². The van der Waals surface area contributed by atoms with Crippen molar-refractivity contribution in [3.63, 3.8) is 0 Å². The van der Waals surface area contributed by atoms with E-state index in [0.29, 0.717) is 30.2 Å². The maximum Gasteiger partial charge on any atom is 0.387 e. The Morgan fingerprint density at radius 1 is 1.18 bits per heavy atom. The van der Waals surface area contributed by atoms with Gasteiger partial charge < -0.3 is 4.74 Å². The topological polar surface area (TPSA) is 83.9 Å². The third-order valence-corrected chi connectivity index (χ3v) is 5.95. The summed E-state index contributed by atoms with van der Waals surface area (Å²) in [6, 6.07) is 9.03. The van der Waals surface area contributed by atoms with Gasteiger partial charge in [0.1, 0.15) is 16.5 Å². The van der Waals surface area contributed by atoms with Crippen LogP contribution in [0.1, 0.15) is 26.3 Å². The molecular weight excluding hydrogens is 390 g/mol. The van der Waals surface area contributed by atoms with E-state index >= 15 is 0 Å². The second-order valence-electron chi connectivity index (χ2n) is 5.68. The normalized spacial score (nSPS) is 12.5. The van der Waals surface area contributed by atoms with Crippen molar-refractivity contribution >= 4 is 21.6 Å². The minimum atomic E-state index is -3.56. The molecule has 0 aliphatic heterocycles. The molecule has 152 valence electrons. The van der Waals surface area contributed by atoms with E-state index < -0.39 is 16.6 Å². The second-order valence-corrected chi connectivity index (χ2v) is 7.62. The van der Waals surface area contributed by atoms with Crippen LogP contribution in [0.4, 0.5) is 14.6 Å². The molecule has 1 aromatic carbocycles. The fraction of sp³-hybridized carbons (Fsp3) is 0.333. The quantitative estimate of drug-likeness (QED) is 0.503. The van der Waals surface area contributed by atoms with E-state index in [1.807, 2.05) is 0 Å². The molecular formula is C18H22F2N4O3S. The lowest BCUT2D eigenvalue weighted by molar-refractivity contribution is -0.0498. The first-order chi connectivity index (χ1) is 13.3. The molecule has 0 aliphatic rings. The van der Waals surface area contributed by atoms with Crippen molar-refractivity contribution in [2.45, 2.75) is 32.3 Å². The molecule has 0 unspecified atom stereocenters. The number of rotatable bonds is 9. The number of alkyl halides is 2. The second kappa shape index (κ2) is 9.56. The van der Waals surface area contributed by atoms with E-state index in [9.17, 15) is 17.2 Å². The number of nitrogens with zero attached hydrogens (tertiary/aromatic N) is 3. The van der Waals surface area contributed by atoms with Crippen molar-refractivity contribution in [3.8, 4) is 5.75 Å². The molecule has 0 bridgehead atoms. The summed E-state index contributed by atoms with van der Waals surface area (Å²) in [5.74, 6) is 0.432. The number of anilines is 1. The summed E-state index contributed by atoms with van der Waals surface area (Å²) in [6.45, 7) is 3.16. The van der Waals surface area contributed by atoms with Crippen molar-refractivity contribution in [3.05, 3.63) is 48.2 Å². The number of sulfonamides is 1. The zero-order valence-corrected chi connectivity index (χ0v) is 16.6. The van der Waals surface area contributed by atoms with E-state index in [4.69, 9.17) is 0 Å². The minimum Gasteiger partial charge on any atom is -0.435 e. The van der Waals surface area contributed by atoms with E-state index in [1.54, 1.807) is 32.9 Å². The molecule has 7 nitrogen and oxygen atoms in total.